The maximum absolute atomic E-state index is 5.68. The van der Waals surface area contributed by atoms with Gasteiger partial charge in [-0.3, -0.25) is 4.57 Å². The first kappa shape index (κ1) is 38.6. The van der Waals surface area contributed by atoms with Crippen LogP contribution in [0.2, 0.25) is 0 Å². The van der Waals surface area contributed by atoms with Gasteiger partial charge in [-0.1, -0.05) is 170 Å². The van der Waals surface area contributed by atoms with E-state index in [1.807, 2.05) is 17.4 Å². The summed E-state index contributed by atoms with van der Waals surface area (Å²) in [5.41, 5.74) is 13.3. The zero-order valence-corrected chi connectivity index (χ0v) is 37.9. The number of benzene rings is 11. The van der Waals surface area contributed by atoms with Gasteiger partial charge >= 0.3 is 0 Å². The number of thiophene rings is 1. The number of nitrogens with zero attached hydrogens (tertiary/aromatic N) is 3. The van der Waals surface area contributed by atoms with Crippen molar-refractivity contribution in [3.8, 4) is 39.5 Å². The van der Waals surface area contributed by atoms with E-state index >= 15 is 0 Å². The van der Waals surface area contributed by atoms with Crippen LogP contribution >= 0.6 is 11.3 Å². The molecule has 14 aromatic rings. The normalized spacial score (nSPS) is 11.9. The summed E-state index contributed by atoms with van der Waals surface area (Å²) < 4.78 is 4.82. The molecule has 0 aliphatic rings. The number of aryl methyl sites for hydroxylation is 1. The van der Waals surface area contributed by atoms with Crippen molar-refractivity contribution >= 4 is 108 Å². The largest absolute Gasteiger partial charge is 0.355 e. The van der Waals surface area contributed by atoms with Gasteiger partial charge in [0.25, 0.3) is 0 Å². The standard InChI is InChI=1S/C63H40N4S/c1-38-35-42(29-32-46(38)48-21-11-13-25-53(48)64-45-18-3-2-4-19-45)43-31-34-56-52(37-43)58-50-23-10-9-22-49(50)57-51-24-12-14-26-55(51)67(61(57)62(58)68-56)63-65-54-33-30-40-16-7-8-20-47(40)59(54)60(66-63)44-28-27-39-15-5-6-17-41(39)36-44/h2-37,64H,1H3. The van der Waals surface area contributed by atoms with Gasteiger partial charge in [-0.25, -0.2) is 9.97 Å². The van der Waals surface area contributed by atoms with Crippen molar-refractivity contribution in [2.45, 2.75) is 6.92 Å². The summed E-state index contributed by atoms with van der Waals surface area (Å²) in [5, 5.41) is 16.8. The van der Waals surface area contributed by atoms with Gasteiger partial charge < -0.3 is 5.32 Å². The van der Waals surface area contributed by atoms with E-state index in [2.05, 4.69) is 229 Å². The van der Waals surface area contributed by atoms with E-state index < -0.39 is 0 Å². The highest BCUT2D eigenvalue weighted by molar-refractivity contribution is 7.27. The molecular formula is C63H40N4S. The van der Waals surface area contributed by atoms with Gasteiger partial charge in [0.15, 0.2) is 0 Å². The second-order valence-electron chi connectivity index (χ2n) is 17.8. The molecule has 5 heteroatoms. The predicted octanol–water partition coefficient (Wildman–Crippen LogP) is 17.6. The minimum Gasteiger partial charge on any atom is -0.355 e. The van der Waals surface area contributed by atoms with E-state index in [0.29, 0.717) is 5.95 Å². The fourth-order valence-electron chi connectivity index (χ4n) is 10.8. The van der Waals surface area contributed by atoms with Gasteiger partial charge in [-0.05, 0) is 110 Å². The average molecular weight is 885 g/mol. The zero-order valence-electron chi connectivity index (χ0n) is 37.0. The number of hydrogen-bond acceptors (Lipinski definition) is 4. The first-order valence-corrected chi connectivity index (χ1v) is 24.0. The second kappa shape index (κ2) is 15.2. The number of aromatic nitrogens is 3. The Kier molecular flexibility index (Phi) is 8.64. The lowest BCUT2D eigenvalue weighted by Gasteiger charge is -2.15. The summed E-state index contributed by atoms with van der Waals surface area (Å²) in [6.07, 6.45) is 0. The minimum absolute atomic E-state index is 0.660. The van der Waals surface area contributed by atoms with Crippen molar-refractivity contribution in [1.82, 2.24) is 14.5 Å². The average Bonchev–Trinajstić information content (AvgIpc) is 3.95. The first-order valence-electron chi connectivity index (χ1n) is 23.1. The Labute approximate surface area is 396 Å². The Morgan fingerprint density at radius 2 is 1.10 bits per heavy atom. The molecule has 4 nitrogen and oxygen atoms in total. The van der Waals surface area contributed by atoms with Gasteiger partial charge in [0.2, 0.25) is 5.95 Å². The fourth-order valence-corrected chi connectivity index (χ4v) is 12.0. The molecule has 0 amide bonds. The molecule has 68 heavy (non-hydrogen) atoms. The number of fused-ring (bicyclic) bond motifs is 14. The maximum atomic E-state index is 5.68. The Bertz CT molecular complexity index is 4370. The first-order chi connectivity index (χ1) is 33.6. The topological polar surface area (TPSA) is 42.7 Å². The molecule has 3 heterocycles. The van der Waals surface area contributed by atoms with Crippen molar-refractivity contribution in [1.29, 1.82) is 0 Å². The van der Waals surface area contributed by atoms with Crippen LogP contribution in [0.25, 0.3) is 125 Å². The number of rotatable bonds is 6. The summed E-state index contributed by atoms with van der Waals surface area (Å²) in [6.45, 7) is 2.22. The lowest BCUT2D eigenvalue weighted by Crippen LogP contribution is -2.04. The lowest BCUT2D eigenvalue weighted by atomic mass is 9.93. The maximum Gasteiger partial charge on any atom is 0.235 e. The molecule has 318 valence electrons. The monoisotopic (exact) mass is 884 g/mol. The van der Waals surface area contributed by atoms with Crippen LogP contribution in [0.15, 0.2) is 218 Å². The number of para-hydroxylation sites is 3. The summed E-state index contributed by atoms with van der Waals surface area (Å²) in [6, 6.07) is 78.8. The molecular weight excluding hydrogens is 845 g/mol. The summed E-state index contributed by atoms with van der Waals surface area (Å²) in [4.78, 5) is 11.2. The molecule has 0 saturated carbocycles. The molecule has 0 radical (unpaired) electrons. The Balaban J connectivity index is 0.998. The zero-order chi connectivity index (χ0) is 44.9. The molecule has 0 aliphatic carbocycles. The third-order valence-electron chi connectivity index (χ3n) is 13.9. The van der Waals surface area contributed by atoms with E-state index in [0.717, 1.165) is 50.0 Å². The van der Waals surface area contributed by atoms with E-state index in [1.54, 1.807) is 0 Å². The highest BCUT2D eigenvalue weighted by Crippen LogP contribution is 2.49. The number of nitrogens with one attached hydrogen (secondary N) is 1. The van der Waals surface area contributed by atoms with Crippen LogP contribution in [0.4, 0.5) is 11.4 Å². The Hall–Kier alpha value is -8.64. The number of anilines is 2. The van der Waals surface area contributed by atoms with Crippen LogP contribution in [0.1, 0.15) is 5.56 Å². The molecule has 3 aromatic heterocycles. The van der Waals surface area contributed by atoms with Crippen molar-refractivity contribution < 1.29 is 0 Å². The molecule has 0 spiro atoms. The van der Waals surface area contributed by atoms with Crippen LogP contribution in [-0.4, -0.2) is 14.5 Å². The van der Waals surface area contributed by atoms with E-state index in [9.17, 15) is 0 Å². The van der Waals surface area contributed by atoms with E-state index in [1.165, 1.54) is 85.7 Å². The smallest absolute Gasteiger partial charge is 0.235 e. The predicted molar refractivity (Wildman–Crippen MR) is 290 cm³/mol. The summed E-state index contributed by atoms with van der Waals surface area (Å²) in [7, 11) is 0. The molecule has 0 fully saturated rings. The van der Waals surface area contributed by atoms with Gasteiger partial charge in [-0.2, -0.15) is 0 Å². The molecule has 0 aliphatic heterocycles. The Morgan fingerprint density at radius 1 is 0.441 bits per heavy atom. The highest BCUT2D eigenvalue weighted by atomic mass is 32.1. The lowest BCUT2D eigenvalue weighted by molar-refractivity contribution is 1.02. The Morgan fingerprint density at radius 3 is 1.96 bits per heavy atom. The molecule has 0 atom stereocenters. The molecule has 0 bridgehead atoms. The highest BCUT2D eigenvalue weighted by Gasteiger charge is 2.25. The second-order valence-corrected chi connectivity index (χ2v) is 18.9. The summed E-state index contributed by atoms with van der Waals surface area (Å²) >= 11 is 1.86. The van der Waals surface area contributed by atoms with Crippen LogP contribution in [-0.2, 0) is 0 Å². The number of hydrogen-bond donors (Lipinski definition) is 1. The minimum atomic E-state index is 0.660. The van der Waals surface area contributed by atoms with Crippen molar-refractivity contribution in [2.75, 3.05) is 5.32 Å². The molecule has 11 aromatic carbocycles. The quantitative estimate of drug-likeness (QED) is 0.169. The third-order valence-corrected chi connectivity index (χ3v) is 15.0. The summed E-state index contributed by atoms with van der Waals surface area (Å²) in [5.74, 6) is 0.660. The van der Waals surface area contributed by atoms with Crippen LogP contribution in [0.3, 0.4) is 0 Å². The van der Waals surface area contributed by atoms with Gasteiger partial charge in [0, 0.05) is 54.1 Å². The fraction of sp³-hybridized carbons (Fsp3) is 0.0159. The van der Waals surface area contributed by atoms with Crippen LogP contribution in [0.5, 0.6) is 0 Å². The van der Waals surface area contributed by atoms with Crippen molar-refractivity contribution in [3.63, 3.8) is 0 Å². The van der Waals surface area contributed by atoms with Gasteiger partial charge in [0.05, 0.1) is 26.9 Å². The SMILES string of the molecule is Cc1cc(-c2ccc3sc4c(c3c2)c2ccccc2c2c3ccccc3n(-c3nc(-c5ccc6ccccc6c5)c5c(ccc6ccccc65)n3)c42)ccc1-c1ccccc1Nc1ccccc1. The third kappa shape index (κ3) is 5.99. The van der Waals surface area contributed by atoms with Gasteiger partial charge in [0.1, 0.15) is 0 Å². The molecule has 14 rings (SSSR count). The van der Waals surface area contributed by atoms with E-state index in [-0.39, 0.29) is 0 Å². The molecule has 0 unspecified atom stereocenters. The van der Waals surface area contributed by atoms with Crippen LogP contribution in [0, 0.1) is 6.92 Å². The van der Waals surface area contributed by atoms with Crippen LogP contribution < -0.4 is 5.32 Å². The van der Waals surface area contributed by atoms with Gasteiger partial charge in [-0.15, -0.1) is 11.3 Å². The van der Waals surface area contributed by atoms with E-state index in [4.69, 9.17) is 9.97 Å². The van der Waals surface area contributed by atoms with Crippen molar-refractivity contribution in [2.24, 2.45) is 0 Å². The van der Waals surface area contributed by atoms with Crippen molar-refractivity contribution in [3.05, 3.63) is 224 Å². The molecule has 1 N–H and O–H groups in total. The molecule has 0 saturated heterocycles.